The molecule has 1 aromatic carbocycles. The summed E-state index contributed by atoms with van der Waals surface area (Å²) in [6, 6.07) is 8.02. The van der Waals surface area contributed by atoms with Gasteiger partial charge in [0, 0.05) is 6.08 Å². The van der Waals surface area contributed by atoms with Crippen molar-refractivity contribution in [3.8, 4) is 11.5 Å². The van der Waals surface area contributed by atoms with Gasteiger partial charge in [-0.3, -0.25) is 4.79 Å². The van der Waals surface area contributed by atoms with E-state index >= 15 is 0 Å². The van der Waals surface area contributed by atoms with E-state index in [1.54, 1.807) is 37.4 Å². The van der Waals surface area contributed by atoms with Crippen LogP contribution in [0.1, 0.15) is 12.5 Å². The van der Waals surface area contributed by atoms with Crippen LogP contribution in [0.5, 0.6) is 11.5 Å². The molecule has 1 heterocycles. The van der Waals surface area contributed by atoms with E-state index in [-0.39, 0.29) is 17.4 Å². The van der Waals surface area contributed by atoms with Crippen molar-refractivity contribution >= 4 is 29.4 Å². The van der Waals surface area contributed by atoms with Gasteiger partial charge < -0.3 is 14.8 Å². The van der Waals surface area contributed by atoms with Crippen LogP contribution in [0.25, 0.3) is 6.08 Å². The Hall–Kier alpha value is -2.61. The average Bonchev–Trinajstić information content (AvgIpc) is 2.62. The third-order valence-corrected chi connectivity index (χ3v) is 3.78. The lowest BCUT2D eigenvalue weighted by molar-refractivity contribution is -0.111. The molecule has 0 radical (unpaired) electrons. The number of aromatic nitrogens is 1. The van der Waals surface area contributed by atoms with E-state index in [4.69, 9.17) is 4.74 Å². The molecule has 0 saturated heterocycles. The summed E-state index contributed by atoms with van der Waals surface area (Å²) in [7, 11) is 0. The minimum Gasteiger partial charge on any atom is -0.490 e. The minimum atomic E-state index is -2.94. The zero-order valence-corrected chi connectivity index (χ0v) is 15.1. The third-order valence-electron chi connectivity index (χ3n) is 3.12. The number of nitrogens with one attached hydrogen (secondary N) is 1. The number of hydrogen-bond acceptors (Lipinski definition) is 5. The number of carbonyl (C=O) groups is 1. The molecule has 0 unspecified atom stereocenters. The molecule has 1 N–H and O–H groups in total. The monoisotopic (exact) mass is 380 g/mol. The largest absolute Gasteiger partial charge is 0.490 e. The predicted octanol–water partition coefficient (Wildman–Crippen LogP) is 4.46. The lowest BCUT2D eigenvalue weighted by Gasteiger charge is -2.11. The van der Waals surface area contributed by atoms with Crippen LogP contribution in [0, 0.1) is 0 Å². The summed E-state index contributed by atoms with van der Waals surface area (Å²) in [6.45, 7) is -0.905. The van der Waals surface area contributed by atoms with Crippen molar-refractivity contribution in [3.05, 3.63) is 48.2 Å². The highest BCUT2D eigenvalue weighted by molar-refractivity contribution is 7.98. The molecule has 0 spiro atoms. The number of rotatable bonds is 8. The molecule has 0 fully saturated rings. The molecule has 1 amide bonds. The minimum absolute atomic E-state index is 0.0524. The van der Waals surface area contributed by atoms with Crippen LogP contribution in [-0.2, 0) is 4.79 Å². The van der Waals surface area contributed by atoms with Gasteiger partial charge in [0.1, 0.15) is 0 Å². The molecule has 0 bridgehead atoms. The Morgan fingerprint density at radius 1 is 1.31 bits per heavy atom. The summed E-state index contributed by atoms with van der Waals surface area (Å²) in [6.07, 6.45) is 6.37. The summed E-state index contributed by atoms with van der Waals surface area (Å²) in [5.74, 6) is -0.204. The second kappa shape index (κ2) is 9.76. The van der Waals surface area contributed by atoms with Crippen molar-refractivity contribution in [2.75, 3.05) is 18.2 Å². The van der Waals surface area contributed by atoms with Crippen LogP contribution >= 0.6 is 11.8 Å². The number of anilines is 1. The fourth-order valence-corrected chi connectivity index (χ4v) is 2.38. The average molecular weight is 380 g/mol. The van der Waals surface area contributed by atoms with Crippen molar-refractivity contribution in [3.63, 3.8) is 0 Å². The lowest BCUT2D eigenvalue weighted by atomic mass is 10.2. The van der Waals surface area contributed by atoms with E-state index in [0.29, 0.717) is 17.9 Å². The van der Waals surface area contributed by atoms with E-state index in [2.05, 4.69) is 15.0 Å². The van der Waals surface area contributed by atoms with Gasteiger partial charge in [0.15, 0.2) is 11.5 Å². The van der Waals surface area contributed by atoms with E-state index < -0.39 is 6.61 Å². The van der Waals surface area contributed by atoms with Crippen LogP contribution in [0.4, 0.5) is 14.5 Å². The van der Waals surface area contributed by atoms with Gasteiger partial charge in [0.25, 0.3) is 0 Å². The molecule has 5 nitrogen and oxygen atoms in total. The van der Waals surface area contributed by atoms with Gasteiger partial charge in [-0.05, 0) is 49.1 Å². The maximum Gasteiger partial charge on any atom is 0.387 e. The first-order chi connectivity index (χ1) is 12.5. The number of benzene rings is 1. The normalized spacial score (nSPS) is 11.0. The summed E-state index contributed by atoms with van der Waals surface area (Å²) in [5.41, 5.74) is 1.19. The predicted molar refractivity (Wildman–Crippen MR) is 97.9 cm³/mol. The Morgan fingerprint density at radius 3 is 2.73 bits per heavy atom. The number of thioether (sulfide) groups is 1. The van der Waals surface area contributed by atoms with Gasteiger partial charge in [-0.15, -0.1) is 11.8 Å². The highest BCUT2D eigenvalue weighted by Gasteiger charge is 2.11. The van der Waals surface area contributed by atoms with Crippen molar-refractivity contribution < 1.29 is 23.0 Å². The summed E-state index contributed by atoms with van der Waals surface area (Å²) >= 11 is 1.51. The molecule has 8 heteroatoms. The molecule has 0 aliphatic carbocycles. The highest BCUT2D eigenvalue weighted by Crippen LogP contribution is 2.30. The smallest absolute Gasteiger partial charge is 0.387 e. The fraction of sp³-hybridized carbons (Fsp3) is 0.222. The first kappa shape index (κ1) is 19.7. The number of pyridine rings is 1. The molecule has 1 aromatic heterocycles. The fourth-order valence-electron chi connectivity index (χ4n) is 2.02. The number of halogens is 2. The molecule has 2 rings (SSSR count). The summed E-state index contributed by atoms with van der Waals surface area (Å²) in [5, 5.41) is 3.54. The molecule has 0 saturated carbocycles. The Kier molecular flexibility index (Phi) is 7.40. The van der Waals surface area contributed by atoms with Gasteiger partial charge in [0.2, 0.25) is 5.91 Å². The van der Waals surface area contributed by atoms with Crippen LogP contribution in [0.3, 0.4) is 0 Å². The zero-order chi connectivity index (χ0) is 18.9. The van der Waals surface area contributed by atoms with Crippen molar-refractivity contribution in [1.29, 1.82) is 0 Å². The van der Waals surface area contributed by atoms with Gasteiger partial charge in [-0.25, -0.2) is 4.98 Å². The Morgan fingerprint density at radius 2 is 2.12 bits per heavy atom. The third kappa shape index (κ3) is 6.03. The van der Waals surface area contributed by atoms with Crippen molar-refractivity contribution in [1.82, 2.24) is 4.98 Å². The molecule has 26 heavy (non-hydrogen) atoms. The number of nitrogens with zero attached hydrogens (tertiary/aromatic N) is 1. The molecule has 0 atom stereocenters. The van der Waals surface area contributed by atoms with Gasteiger partial charge in [-0.1, -0.05) is 6.07 Å². The molecule has 2 aromatic rings. The Labute approximate surface area is 154 Å². The van der Waals surface area contributed by atoms with E-state index in [0.717, 1.165) is 5.03 Å². The van der Waals surface area contributed by atoms with Gasteiger partial charge in [-0.2, -0.15) is 8.78 Å². The molecular weight excluding hydrogens is 362 g/mol. The topological polar surface area (TPSA) is 60.5 Å². The quantitative estimate of drug-likeness (QED) is 0.541. The summed E-state index contributed by atoms with van der Waals surface area (Å²) < 4.78 is 34.5. The molecule has 0 aliphatic rings. The van der Waals surface area contributed by atoms with E-state index in [1.165, 1.54) is 30.0 Å². The zero-order valence-electron chi connectivity index (χ0n) is 14.2. The molecule has 138 valence electrons. The van der Waals surface area contributed by atoms with Crippen LogP contribution in [0.2, 0.25) is 0 Å². The molecule has 0 aliphatic heterocycles. The highest BCUT2D eigenvalue weighted by atomic mass is 32.2. The Bertz CT molecular complexity index is 768. The SMILES string of the molecule is CCOc1cc(/C=C/C(=O)Nc2ccc(SC)nc2)ccc1OC(F)F. The standard InChI is InChI=1S/C18H18F2N2O3S/c1-3-24-15-10-12(4-7-14(15)25-18(19)20)5-8-16(23)22-13-6-9-17(26-2)21-11-13/h4-11,18H,3H2,1-2H3,(H,22,23)/b8-5+. The van der Waals surface area contributed by atoms with Crippen LogP contribution < -0.4 is 14.8 Å². The van der Waals surface area contributed by atoms with Crippen molar-refractivity contribution in [2.45, 2.75) is 18.6 Å². The number of ether oxygens (including phenoxy) is 2. The number of amides is 1. The Balaban J connectivity index is 2.05. The summed E-state index contributed by atoms with van der Waals surface area (Å²) in [4.78, 5) is 16.1. The van der Waals surface area contributed by atoms with Crippen LogP contribution in [-0.4, -0.2) is 30.4 Å². The first-order valence-corrected chi connectivity index (χ1v) is 8.95. The molecular formula is C18H18F2N2O3S. The van der Waals surface area contributed by atoms with Crippen LogP contribution in [0.15, 0.2) is 47.6 Å². The second-order valence-corrected chi connectivity index (χ2v) is 5.76. The lowest BCUT2D eigenvalue weighted by Crippen LogP contribution is -2.08. The van der Waals surface area contributed by atoms with E-state index in [1.807, 2.05) is 6.26 Å². The maximum atomic E-state index is 12.4. The number of carbonyl (C=O) groups excluding carboxylic acids is 1. The number of alkyl halides is 2. The van der Waals surface area contributed by atoms with Crippen molar-refractivity contribution in [2.24, 2.45) is 0 Å². The van der Waals surface area contributed by atoms with Gasteiger partial charge >= 0.3 is 6.61 Å². The van der Waals surface area contributed by atoms with Gasteiger partial charge in [0.05, 0.1) is 23.5 Å². The number of hydrogen-bond donors (Lipinski definition) is 1. The van der Waals surface area contributed by atoms with E-state index in [9.17, 15) is 13.6 Å². The maximum absolute atomic E-state index is 12.4. The second-order valence-electron chi connectivity index (χ2n) is 4.93. The first-order valence-electron chi connectivity index (χ1n) is 7.72.